The molecule has 3 rings (SSSR count). The smallest absolute Gasteiger partial charge is 0.255 e. The largest absolute Gasteiger partial charge is 0.349 e. The molecule has 0 spiro atoms. The molecule has 1 aliphatic carbocycles. The molecule has 1 aliphatic rings. The van der Waals surface area contributed by atoms with Crippen molar-refractivity contribution in [3.8, 4) is 0 Å². The fourth-order valence-corrected chi connectivity index (χ4v) is 2.42. The Morgan fingerprint density at radius 2 is 1.65 bits per heavy atom. The minimum absolute atomic E-state index is 0.164. The predicted octanol–water partition coefficient (Wildman–Crippen LogP) is 4.14. The van der Waals surface area contributed by atoms with Crippen molar-refractivity contribution in [3.05, 3.63) is 63.6 Å². The molecule has 118 valence electrons. The highest BCUT2D eigenvalue weighted by Crippen LogP contribution is 2.26. The molecule has 0 atom stereocenters. The second-order valence-corrected chi connectivity index (χ2v) is 6.25. The fourth-order valence-electron chi connectivity index (χ4n) is 2.09. The molecule has 4 nitrogen and oxygen atoms in total. The van der Waals surface area contributed by atoms with Gasteiger partial charge in [0.1, 0.15) is 0 Å². The van der Waals surface area contributed by atoms with Gasteiger partial charge in [0, 0.05) is 22.2 Å². The summed E-state index contributed by atoms with van der Waals surface area (Å²) >= 11 is 11.9. The third kappa shape index (κ3) is 4.03. The number of hydrogen-bond acceptors (Lipinski definition) is 2. The minimum Gasteiger partial charge on any atom is -0.349 e. The first-order valence-corrected chi connectivity index (χ1v) is 7.96. The highest BCUT2D eigenvalue weighted by Gasteiger charge is 2.24. The van der Waals surface area contributed by atoms with Crippen LogP contribution in [-0.2, 0) is 0 Å². The number of rotatable bonds is 4. The van der Waals surface area contributed by atoms with Crippen molar-refractivity contribution in [3.63, 3.8) is 0 Å². The maximum absolute atomic E-state index is 12.3. The normalized spacial score (nSPS) is 13.5. The van der Waals surface area contributed by atoms with Crippen LogP contribution < -0.4 is 10.6 Å². The van der Waals surface area contributed by atoms with Crippen molar-refractivity contribution in [1.82, 2.24) is 5.32 Å². The molecular weight excluding hydrogens is 335 g/mol. The lowest BCUT2D eigenvalue weighted by atomic mass is 10.1. The van der Waals surface area contributed by atoms with Crippen LogP contribution in [0.3, 0.4) is 0 Å². The Bertz CT molecular complexity index is 773. The van der Waals surface area contributed by atoms with E-state index in [1.807, 2.05) is 0 Å². The molecule has 2 N–H and O–H groups in total. The summed E-state index contributed by atoms with van der Waals surface area (Å²) in [5.74, 6) is -0.516. The number of carbonyl (C=O) groups excluding carboxylic acids is 2. The third-order valence-corrected chi connectivity index (χ3v) is 4.04. The summed E-state index contributed by atoms with van der Waals surface area (Å²) in [6.45, 7) is 0. The second-order valence-electron chi connectivity index (χ2n) is 5.41. The molecule has 0 radical (unpaired) electrons. The Morgan fingerprint density at radius 3 is 2.35 bits per heavy atom. The van der Waals surface area contributed by atoms with Crippen LogP contribution >= 0.6 is 23.2 Å². The van der Waals surface area contributed by atoms with Gasteiger partial charge < -0.3 is 10.6 Å². The van der Waals surface area contributed by atoms with Crippen molar-refractivity contribution in [1.29, 1.82) is 0 Å². The standard InChI is InChI=1S/C17H14Cl2N2O2/c18-12-4-7-14(19)15(9-12)21-17(23)11-3-1-2-10(8-11)16(22)20-13-5-6-13/h1-4,7-9,13H,5-6H2,(H,20,22)(H,21,23). The first-order valence-electron chi connectivity index (χ1n) is 7.20. The number of anilines is 1. The Labute approximate surface area is 143 Å². The van der Waals surface area contributed by atoms with Gasteiger partial charge in [-0.05, 0) is 49.2 Å². The van der Waals surface area contributed by atoms with E-state index in [-0.39, 0.29) is 17.9 Å². The van der Waals surface area contributed by atoms with E-state index in [2.05, 4.69) is 10.6 Å². The van der Waals surface area contributed by atoms with Gasteiger partial charge in [0.15, 0.2) is 0 Å². The molecule has 23 heavy (non-hydrogen) atoms. The van der Waals surface area contributed by atoms with Gasteiger partial charge >= 0.3 is 0 Å². The van der Waals surface area contributed by atoms with Gasteiger partial charge in [-0.25, -0.2) is 0 Å². The lowest BCUT2D eigenvalue weighted by Gasteiger charge is -2.09. The number of amides is 2. The molecular formula is C17H14Cl2N2O2. The van der Waals surface area contributed by atoms with Gasteiger partial charge in [-0.15, -0.1) is 0 Å². The summed E-state index contributed by atoms with van der Waals surface area (Å²) in [6, 6.07) is 11.7. The number of nitrogens with one attached hydrogen (secondary N) is 2. The summed E-state index contributed by atoms with van der Waals surface area (Å²) < 4.78 is 0. The van der Waals surface area contributed by atoms with Gasteiger partial charge in [-0.1, -0.05) is 29.3 Å². The van der Waals surface area contributed by atoms with Crippen LogP contribution in [0.5, 0.6) is 0 Å². The molecule has 0 saturated heterocycles. The maximum Gasteiger partial charge on any atom is 0.255 e. The van der Waals surface area contributed by atoms with Gasteiger partial charge in [0.05, 0.1) is 10.7 Å². The summed E-state index contributed by atoms with van der Waals surface area (Å²) in [5, 5.41) is 6.46. The van der Waals surface area contributed by atoms with Crippen LogP contribution in [0, 0.1) is 0 Å². The molecule has 0 heterocycles. The van der Waals surface area contributed by atoms with E-state index in [9.17, 15) is 9.59 Å². The molecule has 0 bridgehead atoms. The van der Waals surface area contributed by atoms with Gasteiger partial charge in [0.2, 0.25) is 0 Å². The predicted molar refractivity (Wildman–Crippen MR) is 91.3 cm³/mol. The molecule has 0 aliphatic heterocycles. The van der Waals surface area contributed by atoms with E-state index in [1.165, 1.54) is 0 Å². The number of hydrogen-bond donors (Lipinski definition) is 2. The molecule has 2 amide bonds. The molecule has 2 aromatic rings. The van der Waals surface area contributed by atoms with Crippen LogP contribution in [0.2, 0.25) is 10.0 Å². The molecule has 1 saturated carbocycles. The van der Waals surface area contributed by atoms with Crippen LogP contribution in [0.1, 0.15) is 33.6 Å². The zero-order valence-electron chi connectivity index (χ0n) is 12.1. The fraction of sp³-hybridized carbons (Fsp3) is 0.176. The van der Waals surface area contributed by atoms with E-state index in [0.29, 0.717) is 26.9 Å². The molecule has 0 aromatic heterocycles. The molecule has 0 unspecified atom stereocenters. The highest BCUT2D eigenvalue weighted by atomic mass is 35.5. The SMILES string of the molecule is O=C(Nc1cc(Cl)ccc1Cl)c1cccc(C(=O)NC2CC2)c1. The Hall–Kier alpha value is -2.04. The van der Waals surface area contributed by atoms with E-state index in [4.69, 9.17) is 23.2 Å². The van der Waals surface area contributed by atoms with E-state index >= 15 is 0 Å². The van der Waals surface area contributed by atoms with Crippen LogP contribution in [0.15, 0.2) is 42.5 Å². The lowest BCUT2D eigenvalue weighted by Crippen LogP contribution is -2.25. The average Bonchev–Trinajstić information content (AvgIpc) is 3.35. The first kappa shape index (κ1) is 15.8. The molecule has 1 fully saturated rings. The molecule has 6 heteroatoms. The number of halogens is 2. The minimum atomic E-state index is -0.352. The quantitative estimate of drug-likeness (QED) is 0.872. The van der Waals surface area contributed by atoms with Crippen molar-refractivity contribution in [2.45, 2.75) is 18.9 Å². The lowest BCUT2D eigenvalue weighted by molar-refractivity contribution is 0.0951. The first-order chi connectivity index (χ1) is 11.0. The monoisotopic (exact) mass is 348 g/mol. The summed E-state index contributed by atoms with van der Waals surface area (Å²) in [5.41, 5.74) is 1.27. The van der Waals surface area contributed by atoms with Crippen molar-refractivity contribution >= 4 is 40.7 Å². The maximum atomic E-state index is 12.3. The Morgan fingerprint density at radius 1 is 0.957 bits per heavy atom. The van der Waals surface area contributed by atoms with Crippen LogP contribution in [0.25, 0.3) is 0 Å². The highest BCUT2D eigenvalue weighted by molar-refractivity contribution is 6.35. The second kappa shape index (κ2) is 6.60. The molecule has 2 aromatic carbocycles. The Balaban J connectivity index is 1.76. The summed E-state index contributed by atoms with van der Waals surface area (Å²) in [7, 11) is 0. The summed E-state index contributed by atoms with van der Waals surface area (Å²) in [6.07, 6.45) is 2.03. The van der Waals surface area contributed by atoms with Gasteiger partial charge in [-0.3, -0.25) is 9.59 Å². The van der Waals surface area contributed by atoms with Gasteiger partial charge in [0.25, 0.3) is 11.8 Å². The van der Waals surface area contributed by atoms with Crippen LogP contribution in [0.4, 0.5) is 5.69 Å². The zero-order chi connectivity index (χ0) is 16.4. The average molecular weight is 349 g/mol. The number of benzene rings is 2. The Kier molecular flexibility index (Phi) is 4.55. The third-order valence-electron chi connectivity index (χ3n) is 3.48. The van der Waals surface area contributed by atoms with Gasteiger partial charge in [-0.2, -0.15) is 0 Å². The topological polar surface area (TPSA) is 58.2 Å². The van der Waals surface area contributed by atoms with Crippen molar-refractivity contribution in [2.75, 3.05) is 5.32 Å². The number of carbonyl (C=O) groups is 2. The van der Waals surface area contributed by atoms with Crippen molar-refractivity contribution < 1.29 is 9.59 Å². The van der Waals surface area contributed by atoms with Crippen molar-refractivity contribution in [2.24, 2.45) is 0 Å². The van der Waals surface area contributed by atoms with E-state index < -0.39 is 0 Å². The van der Waals surface area contributed by atoms with E-state index in [1.54, 1.807) is 42.5 Å². The zero-order valence-corrected chi connectivity index (χ0v) is 13.6. The van der Waals surface area contributed by atoms with E-state index in [0.717, 1.165) is 12.8 Å². The summed E-state index contributed by atoms with van der Waals surface area (Å²) in [4.78, 5) is 24.4. The van der Waals surface area contributed by atoms with Crippen LogP contribution in [-0.4, -0.2) is 17.9 Å².